The van der Waals surface area contributed by atoms with E-state index in [1.54, 1.807) is 4.90 Å². The fourth-order valence-corrected chi connectivity index (χ4v) is 2.31. The lowest BCUT2D eigenvalue weighted by molar-refractivity contribution is -0.141. The van der Waals surface area contributed by atoms with Crippen molar-refractivity contribution in [2.75, 3.05) is 33.4 Å². The van der Waals surface area contributed by atoms with Gasteiger partial charge in [-0.2, -0.15) is 0 Å². The number of amides is 2. The Morgan fingerprint density at radius 1 is 1.04 bits per heavy atom. The molecule has 0 unspecified atom stereocenters. The zero-order chi connectivity index (χ0) is 19.2. The molecule has 1 aromatic carbocycles. The third kappa shape index (κ3) is 9.66. The van der Waals surface area contributed by atoms with Crippen LogP contribution in [-0.2, 0) is 19.1 Å². The third-order valence-electron chi connectivity index (χ3n) is 3.69. The Labute approximate surface area is 154 Å². The number of esters is 1. The molecular weight excluding hydrogens is 336 g/mol. The monoisotopic (exact) mass is 364 g/mol. The fraction of sp³-hybridized carbons (Fsp3) is 0.526. The van der Waals surface area contributed by atoms with E-state index in [0.29, 0.717) is 45.5 Å². The first-order chi connectivity index (χ1) is 12.5. The van der Waals surface area contributed by atoms with Gasteiger partial charge in [-0.25, -0.2) is 0 Å². The number of ether oxygens (including phenoxy) is 2. The summed E-state index contributed by atoms with van der Waals surface area (Å²) in [6, 6.07) is 9.43. The van der Waals surface area contributed by atoms with E-state index in [1.165, 1.54) is 14.0 Å². The molecule has 1 rings (SSSR count). The van der Waals surface area contributed by atoms with Crippen LogP contribution in [0.5, 0.6) is 5.75 Å². The summed E-state index contributed by atoms with van der Waals surface area (Å²) in [5, 5.41) is 2.70. The van der Waals surface area contributed by atoms with Gasteiger partial charge in [-0.3, -0.25) is 14.4 Å². The molecule has 0 aromatic heterocycles. The average molecular weight is 364 g/mol. The molecule has 1 aromatic rings. The topological polar surface area (TPSA) is 84.9 Å². The van der Waals surface area contributed by atoms with Crippen LogP contribution in [0.3, 0.4) is 0 Å². The molecule has 0 aliphatic heterocycles. The van der Waals surface area contributed by atoms with Crippen LogP contribution in [0.2, 0.25) is 0 Å². The second-order valence-corrected chi connectivity index (χ2v) is 5.81. The zero-order valence-corrected chi connectivity index (χ0v) is 15.5. The van der Waals surface area contributed by atoms with Crippen molar-refractivity contribution in [1.29, 1.82) is 0 Å². The number of para-hydroxylation sites is 1. The van der Waals surface area contributed by atoms with E-state index in [4.69, 9.17) is 4.74 Å². The van der Waals surface area contributed by atoms with E-state index < -0.39 is 0 Å². The molecule has 0 radical (unpaired) electrons. The molecule has 0 saturated carbocycles. The second kappa shape index (κ2) is 12.7. The smallest absolute Gasteiger partial charge is 0.307 e. The van der Waals surface area contributed by atoms with Crippen LogP contribution in [0.25, 0.3) is 0 Å². The minimum atomic E-state index is -0.350. The van der Waals surface area contributed by atoms with Gasteiger partial charge in [0.25, 0.3) is 0 Å². The number of nitrogens with one attached hydrogen (secondary N) is 1. The van der Waals surface area contributed by atoms with Crippen molar-refractivity contribution in [1.82, 2.24) is 10.2 Å². The number of rotatable bonds is 12. The Morgan fingerprint density at radius 3 is 2.42 bits per heavy atom. The molecule has 0 spiro atoms. The Morgan fingerprint density at radius 2 is 1.77 bits per heavy atom. The zero-order valence-electron chi connectivity index (χ0n) is 15.5. The van der Waals surface area contributed by atoms with Crippen LogP contribution < -0.4 is 10.1 Å². The number of hydrogen-bond donors (Lipinski definition) is 1. The van der Waals surface area contributed by atoms with Crippen molar-refractivity contribution < 1.29 is 23.9 Å². The maximum absolute atomic E-state index is 12.4. The van der Waals surface area contributed by atoms with Crippen molar-refractivity contribution in [3.05, 3.63) is 30.3 Å². The molecule has 0 heterocycles. The largest absolute Gasteiger partial charge is 0.494 e. The number of carbonyl (C=O) groups excluding carboxylic acids is 3. The number of carbonyl (C=O) groups is 3. The summed E-state index contributed by atoms with van der Waals surface area (Å²) in [5.41, 5.74) is 0. The molecule has 7 heteroatoms. The van der Waals surface area contributed by atoms with Gasteiger partial charge in [0.2, 0.25) is 11.8 Å². The Kier molecular flexibility index (Phi) is 10.5. The minimum absolute atomic E-state index is 0.0339. The van der Waals surface area contributed by atoms with Gasteiger partial charge >= 0.3 is 5.97 Å². The van der Waals surface area contributed by atoms with Gasteiger partial charge in [0, 0.05) is 33.0 Å². The van der Waals surface area contributed by atoms with Gasteiger partial charge in [0.05, 0.1) is 20.1 Å². The van der Waals surface area contributed by atoms with Crippen LogP contribution >= 0.6 is 0 Å². The molecule has 144 valence electrons. The number of nitrogens with zero attached hydrogens (tertiary/aromatic N) is 1. The molecule has 0 bridgehead atoms. The highest BCUT2D eigenvalue weighted by molar-refractivity contribution is 5.77. The maximum Gasteiger partial charge on any atom is 0.307 e. The Bertz CT molecular complexity index is 562. The van der Waals surface area contributed by atoms with Gasteiger partial charge in [0.15, 0.2) is 0 Å². The highest BCUT2D eigenvalue weighted by Gasteiger charge is 2.15. The lowest BCUT2D eigenvalue weighted by Gasteiger charge is -2.22. The first-order valence-corrected chi connectivity index (χ1v) is 8.79. The number of benzene rings is 1. The minimum Gasteiger partial charge on any atom is -0.494 e. The molecule has 0 atom stereocenters. The summed E-state index contributed by atoms with van der Waals surface area (Å²) in [6.07, 6.45) is 1.72. The molecule has 0 saturated heterocycles. The average Bonchev–Trinajstić information content (AvgIpc) is 2.64. The molecule has 0 aliphatic carbocycles. The van der Waals surface area contributed by atoms with Crippen LogP contribution in [-0.4, -0.2) is 56.0 Å². The van der Waals surface area contributed by atoms with Crippen molar-refractivity contribution in [2.45, 2.75) is 32.6 Å². The van der Waals surface area contributed by atoms with Crippen molar-refractivity contribution in [3.8, 4) is 5.75 Å². The van der Waals surface area contributed by atoms with Gasteiger partial charge in [-0.1, -0.05) is 18.2 Å². The molecule has 26 heavy (non-hydrogen) atoms. The number of methoxy groups -OCH3 is 1. The van der Waals surface area contributed by atoms with Crippen LogP contribution in [0, 0.1) is 0 Å². The quantitative estimate of drug-likeness (QED) is 0.451. The normalized spacial score (nSPS) is 10.1. The Hall–Kier alpha value is -2.57. The van der Waals surface area contributed by atoms with E-state index in [1.807, 2.05) is 30.3 Å². The standard InChI is InChI=1S/C19H28N2O5/c1-16(22)20-12-7-13-21(14-11-19(24)25-2)18(23)10-6-15-26-17-8-4-3-5-9-17/h3-5,8-9H,6-7,10-15H2,1-2H3,(H,20,22). The third-order valence-corrected chi connectivity index (χ3v) is 3.69. The van der Waals surface area contributed by atoms with Crippen molar-refractivity contribution in [2.24, 2.45) is 0 Å². The SMILES string of the molecule is COC(=O)CCN(CCCNC(C)=O)C(=O)CCCOc1ccccc1. The van der Waals surface area contributed by atoms with E-state index in [0.717, 1.165) is 5.75 Å². The van der Waals surface area contributed by atoms with Gasteiger partial charge < -0.3 is 19.7 Å². The predicted molar refractivity (Wildman–Crippen MR) is 97.7 cm³/mol. The van der Waals surface area contributed by atoms with E-state index in [2.05, 4.69) is 10.1 Å². The summed E-state index contributed by atoms with van der Waals surface area (Å²) >= 11 is 0. The summed E-state index contributed by atoms with van der Waals surface area (Å²) < 4.78 is 10.2. The number of hydrogen-bond acceptors (Lipinski definition) is 5. The molecule has 0 fully saturated rings. The lowest BCUT2D eigenvalue weighted by Crippen LogP contribution is -2.35. The molecule has 2 amide bonds. The summed E-state index contributed by atoms with van der Waals surface area (Å²) in [6.45, 7) is 3.19. The molecule has 7 nitrogen and oxygen atoms in total. The van der Waals surface area contributed by atoms with Crippen LogP contribution in [0.1, 0.15) is 32.6 Å². The van der Waals surface area contributed by atoms with Gasteiger partial charge in [-0.05, 0) is 25.0 Å². The highest BCUT2D eigenvalue weighted by atomic mass is 16.5. The molecule has 1 N–H and O–H groups in total. The van der Waals surface area contributed by atoms with Gasteiger partial charge in [0.1, 0.15) is 5.75 Å². The Balaban J connectivity index is 2.37. The first kappa shape index (κ1) is 21.5. The summed E-state index contributed by atoms with van der Waals surface area (Å²) in [4.78, 5) is 36.3. The molecule has 0 aliphatic rings. The fourth-order valence-electron chi connectivity index (χ4n) is 2.31. The van der Waals surface area contributed by atoms with Crippen LogP contribution in [0.4, 0.5) is 0 Å². The summed E-state index contributed by atoms with van der Waals surface area (Å²) in [7, 11) is 1.33. The molecular formula is C19H28N2O5. The summed E-state index contributed by atoms with van der Waals surface area (Å²) in [5.74, 6) is 0.291. The predicted octanol–water partition coefficient (Wildman–Crippen LogP) is 1.76. The first-order valence-electron chi connectivity index (χ1n) is 8.79. The van der Waals surface area contributed by atoms with E-state index in [9.17, 15) is 14.4 Å². The maximum atomic E-state index is 12.4. The van der Waals surface area contributed by atoms with Gasteiger partial charge in [-0.15, -0.1) is 0 Å². The van der Waals surface area contributed by atoms with Crippen LogP contribution in [0.15, 0.2) is 30.3 Å². The lowest BCUT2D eigenvalue weighted by atomic mass is 10.2. The van der Waals surface area contributed by atoms with Crippen molar-refractivity contribution >= 4 is 17.8 Å². The highest BCUT2D eigenvalue weighted by Crippen LogP contribution is 2.09. The van der Waals surface area contributed by atoms with E-state index >= 15 is 0 Å². The second-order valence-electron chi connectivity index (χ2n) is 5.81. The van der Waals surface area contributed by atoms with Crippen molar-refractivity contribution in [3.63, 3.8) is 0 Å². The van der Waals surface area contributed by atoms with E-state index in [-0.39, 0.29) is 24.2 Å².